The number of nitrogens with zero attached hydrogens (tertiary/aromatic N) is 3. The Morgan fingerprint density at radius 1 is 1.28 bits per heavy atom. The monoisotopic (exact) mass is 481 g/mol. The van der Waals surface area contributed by atoms with Crippen molar-refractivity contribution >= 4 is 50.1 Å². The molecule has 3 aromatic rings. The first kappa shape index (κ1) is 21.8. The molecule has 0 bridgehead atoms. The van der Waals surface area contributed by atoms with Crippen molar-refractivity contribution in [1.82, 2.24) is 19.5 Å². The van der Waals surface area contributed by atoms with Crippen molar-refractivity contribution in [3.8, 4) is 0 Å². The Labute approximate surface area is 185 Å². The van der Waals surface area contributed by atoms with Crippen LogP contribution in [0.4, 0.5) is 5.95 Å². The number of nitrogens with two attached hydrogens (primary N) is 1. The van der Waals surface area contributed by atoms with Gasteiger partial charge in [-0.3, -0.25) is 14.3 Å². The Kier molecular flexibility index (Phi) is 5.69. The van der Waals surface area contributed by atoms with E-state index in [1.165, 1.54) is 16.7 Å². The van der Waals surface area contributed by atoms with Crippen molar-refractivity contribution in [3.05, 3.63) is 34.6 Å². The van der Waals surface area contributed by atoms with Crippen LogP contribution in [0, 0.1) is 0 Å². The number of nitrogens with one attached hydrogen (secondary N) is 1. The number of imidazole rings is 1. The quantitative estimate of drug-likeness (QED) is 0.185. The lowest BCUT2D eigenvalue weighted by Gasteiger charge is -2.27. The largest absolute Gasteiger partial charge is 0.488 e. The van der Waals surface area contributed by atoms with Gasteiger partial charge >= 0.3 is 15.7 Å². The minimum atomic E-state index is -2.13. The normalized spacial score (nSPS) is 27.6. The van der Waals surface area contributed by atoms with Crippen LogP contribution in [0.25, 0.3) is 11.2 Å². The van der Waals surface area contributed by atoms with E-state index in [2.05, 4.69) is 15.0 Å². The number of H-pyrrole nitrogens is 1. The molecule has 0 aliphatic carbocycles. The third-order valence-corrected chi connectivity index (χ3v) is 6.82. The van der Waals surface area contributed by atoms with Crippen LogP contribution in [0.3, 0.4) is 0 Å². The minimum Gasteiger partial charge on any atom is -0.423 e. The van der Waals surface area contributed by atoms with Gasteiger partial charge in [0.1, 0.15) is 18.3 Å². The second-order valence-electron chi connectivity index (χ2n) is 7.09. The molecule has 5 atom stereocenters. The van der Waals surface area contributed by atoms with Gasteiger partial charge in [0, 0.05) is 4.90 Å². The van der Waals surface area contributed by atoms with Crippen LogP contribution in [0.2, 0.25) is 0 Å². The molecule has 2 aliphatic heterocycles. The Bertz CT molecular complexity index is 1210. The SMILES string of the molecule is Nc1nc2c(nc(Sc3ccc(B(O)O)cc3)n2C2OC3COP(O)OC3C2O)c(=O)[nH]1. The smallest absolute Gasteiger partial charge is 0.423 e. The fraction of sp³-hybridized carbons (Fsp3) is 0.312. The lowest BCUT2D eigenvalue weighted by atomic mass is 9.81. The summed E-state index contributed by atoms with van der Waals surface area (Å²) in [5.41, 5.74) is 5.58. The van der Waals surface area contributed by atoms with E-state index in [1.807, 2.05) is 0 Å². The number of aliphatic hydroxyl groups is 1. The Hall–Kier alpha value is -2.07. The third kappa shape index (κ3) is 3.81. The standard InChI is InChI=1S/C16H17BN5O8PS/c18-15-20-12-9(13(24)21-15)19-16(32-7-3-1-6(2-4-7)17(25)26)22(12)14-10(23)11-8(29-14)5-28-31(27)30-11/h1-4,8,10-11,14,23,25-27H,5H2,(H3,18,20,21,24). The Balaban J connectivity index is 1.58. The van der Waals surface area contributed by atoms with Gasteiger partial charge in [-0.25, -0.2) is 4.98 Å². The number of rotatable bonds is 4. The molecular formula is C16H17BN5O8PS. The molecular weight excluding hydrogens is 464 g/mol. The summed E-state index contributed by atoms with van der Waals surface area (Å²) in [6, 6.07) is 6.37. The second kappa shape index (κ2) is 8.37. The summed E-state index contributed by atoms with van der Waals surface area (Å²) in [7, 11) is -3.73. The number of hydrogen-bond acceptors (Lipinski definition) is 12. The maximum absolute atomic E-state index is 12.4. The number of anilines is 1. The van der Waals surface area contributed by atoms with E-state index in [0.717, 1.165) is 11.8 Å². The van der Waals surface area contributed by atoms with E-state index < -0.39 is 45.8 Å². The van der Waals surface area contributed by atoms with E-state index in [-0.39, 0.29) is 28.9 Å². The summed E-state index contributed by atoms with van der Waals surface area (Å²) in [6.07, 6.45) is -3.76. The molecule has 32 heavy (non-hydrogen) atoms. The molecule has 13 nitrogen and oxygen atoms in total. The van der Waals surface area contributed by atoms with E-state index in [4.69, 9.17) is 19.5 Å². The summed E-state index contributed by atoms with van der Waals surface area (Å²) in [4.78, 5) is 33.7. The van der Waals surface area contributed by atoms with Crippen molar-refractivity contribution in [2.24, 2.45) is 0 Å². The maximum Gasteiger partial charge on any atom is 0.488 e. The zero-order chi connectivity index (χ0) is 22.6. The fourth-order valence-corrected chi connectivity index (χ4v) is 5.28. The summed E-state index contributed by atoms with van der Waals surface area (Å²) < 4.78 is 17.8. The maximum atomic E-state index is 12.4. The van der Waals surface area contributed by atoms with Gasteiger partial charge in [-0.05, 0) is 17.6 Å². The number of aliphatic hydroxyl groups excluding tert-OH is 1. The molecule has 7 N–H and O–H groups in total. The van der Waals surface area contributed by atoms with Crippen LogP contribution in [-0.4, -0.2) is 71.6 Å². The van der Waals surface area contributed by atoms with Crippen molar-refractivity contribution in [2.45, 2.75) is 34.6 Å². The number of ether oxygens (including phenoxy) is 1. The molecule has 0 spiro atoms. The van der Waals surface area contributed by atoms with Gasteiger partial charge in [-0.2, -0.15) is 4.98 Å². The first-order chi connectivity index (χ1) is 15.3. The average Bonchev–Trinajstić information content (AvgIpc) is 3.26. The van der Waals surface area contributed by atoms with Gasteiger partial charge < -0.3 is 39.6 Å². The molecule has 16 heteroatoms. The molecule has 168 valence electrons. The highest BCUT2D eigenvalue weighted by molar-refractivity contribution is 7.99. The number of hydrogen-bond donors (Lipinski definition) is 6. The third-order valence-electron chi connectivity index (χ3n) is 5.05. The molecule has 2 aliphatic rings. The number of benzene rings is 1. The van der Waals surface area contributed by atoms with Crippen LogP contribution in [0.15, 0.2) is 39.1 Å². The molecule has 2 saturated heterocycles. The first-order valence-corrected chi connectivity index (χ1v) is 11.3. The number of aromatic amines is 1. The van der Waals surface area contributed by atoms with Gasteiger partial charge in [0.2, 0.25) is 5.95 Å². The molecule has 2 aromatic heterocycles. The van der Waals surface area contributed by atoms with Gasteiger partial charge in [0.15, 0.2) is 22.5 Å². The van der Waals surface area contributed by atoms with Crippen LogP contribution >= 0.6 is 20.4 Å². The van der Waals surface area contributed by atoms with Gasteiger partial charge in [-0.15, -0.1) is 0 Å². The highest BCUT2D eigenvalue weighted by atomic mass is 32.2. The molecule has 0 amide bonds. The van der Waals surface area contributed by atoms with Crippen LogP contribution in [0.5, 0.6) is 0 Å². The van der Waals surface area contributed by atoms with Crippen LogP contribution in [0.1, 0.15) is 6.23 Å². The number of aromatic nitrogens is 4. The van der Waals surface area contributed by atoms with Crippen molar-refractivity contribution < 1.29 is 33.8 Å². The first-order valence-electron chi connectivity index (χ1n) is 9.35. The molecule has 0 radical (unpaired) electrons. The Morgan fingerprint density at radius 2 is 2.03 bits per heavy atom. The minimum absolute atomic E-state index is 0.00338. The molecule has 5 unspecified atom stereocenters. The van der Waals surface area contributed by atoms with Crippen molar-refractivity contribution in [3.63, 3.8) is 0 Å². The van der Waals surface area contributed by atoms with Gasteiger partial charge in [0.25, 0.3) is 5.56 Å². The van der Waals surface area contributed by atoms with E-state index >= 15 is 0 Å². The summed E-state index contributed by atoms with van der Waals surface area (Å²) in [5.74, 6) is -0.134. The summed E-state index contributed by atoms with van der Waals surface area (Å²) in [5, 5.41) is 29.7. The van der Waals surface area contributed by atoms with E-state index in [9.17, 15) is 24.8 Å². The zero-order valence-electron chi connectivity index (χ0n) is 16.1. The topological polar surface area (TPSA) is 198 Å². The lowest BCUT2D eigenvalue weighted by Crippen LogP contribution is -2.38. The van der Waals surface area contributed by atoms with Gasteiger partial charge in [-0.1, -0.05) is 23.9 Å². The highest BCUT2D eigenvalue weighted by Gasteiger charge is 2.50. The lowest BCUT2D eigenvalue weighted by molar-refractivity contribution is -0.0614. The van der Waals surface area contributed by atoms with Gasteiger partial charge in [0.05, 0.1) is 6.61 Å². The van der Waals surface area contributed by atoms with Crippen molar-refractivity contribution in [1.29, 1.82) is 0 Å². The predicted octanol–water partition coefficient (Wildman–Crippen LogP) is -1.57. The zero-order valence-corrected chi connectivity index (χ0v) is 17.8. The fourth-order valence-electron chi connectivity index (χ4n) is 3.56. The second-order valence-corrected chi connectivity index (χ2v) is 9.08. The predicted molar refractivity (Wildman–Crippen MR) is 113 cm³/mol. The molecule has 2 fully saturated rings. The Morgan fingerprint density at radius 3 is 2.75 bits per heavy atom. The highest BCUT2D eigenvalue weighted by Crippen LogP contribution is 2.47. The summed E-state index contributed by atoms with van der Waals surface area (Å²) >= 11 is 1.14. The van der Waals surface area contributed by atoms with Crippen LogP contribution in [-0.2, 0) is 13.8 Å². The molecule has 5 rings (SSSR count). The number of nitrogen functional groups attached to an aromatic ring is 1. The van der Waals surface area contributed by atoms with E-state index in [0.29, 0.717) is 10.4 Å². The molecule has 4 heterocycles. The molecule has 0 saturated carbocycles. The van der Waals surface area contributed by atoms with Crippen molar-refractivity contribution in [2.75, 3.05) is 12.3 Å². The number of fused-ring (bicyclic) bond motifs is 2. The van der Waals surface area contributed by atoms with E-state index in [1.54, 1.807) is 12.1 Å². The average molecular weight is 481 g/mol. The molecule has 1 aromatic carbocycles. The summed E-state index contributed by atoms with van der Waals surface area (Å²) in [6.45, 7) is 0.0244. The van der Waals surface area contributed by atoms with Crippen LogP contribution < -0.4 is 16.8 Å².